The van der Waals surface area contributed by atoms with E-state index in [0.717, 1.165) is 0 Å². The molecule has 0 unspecified atom stereocenters. The van der Waals surface area contributed by atoms with Crippen molar-refractivity contribution in [2.45, 2.75) is 23.8 Å². The number of benzene rings is 1. The van der Waals surface area contributed by atoms with Gasteiger partial charge in [-0.15, -0.1) is 0 Å². The molecule has 0 spiro atoms. The van der Waals surface area contributed by atoms with Gasteiger partial charge >= 0.3 is 85.8 Å². The molecular weight excluding hydrogens is 218 g/mol. The second kappa shape index (κ2) is 6.13. The summed E-state index contributed by atoms with van der Waals surface area (Å²) in [5.74, 6) is 0. The average molecular weight is 235 g/mol. The summed E-state index contributed by atoms with van der Waals surface area (Å²) in [5, 5.41) is 0. The Kier molecular flexibility index (Phi) is 5.04. The van der Waals surface area contributed by atoms with E-state index in [1.807, 2.05) is 18.2 Å². The van der Waals surface area contributed by atoms with Crippen molar-refractivity contribution in [3.8, 4) is 0 Å². The fraction of sp³-hybridized carbons (Fsp3) is 0.400. The van der Waals surface area contributed by atoms with Crippen LogP contribution in [0.1, 0.15) is 13.8 Å². The molecule has 0 atom stereocenters. The molecule has 1 aromatic carbocycles. The molecule has 1 aromatic rings. The molecule has 0 saturated heterocycles. The first kappa shape index (κ1) is 10.7. The number of anilines is 1. The van der Waals surface area contributed by atoms with Crippen LogP contribution < -0.4 is 9.56 Å². The number of hydrazine groups is 1. The van der Waals surface area contributed by atoms with Gasteiger partial charge in [0.25, 0.3) is 0 Å². The molecule has 2 nitrogen and oxygen atoms in total. The second-order valence-corrected chi connectivity index (χ2v) is 10.1. The Morgan fingerprint density at radius 3 is 2.23 bits per heavy atom. The van der Waals surface area contributed by atoms with E-state index in [4.69, 9.17) is 0 Å². The summed E-state index contributed by atoms with van der Waals surface area (Å²) in [6, 6.07) is 10.3. The third-order valence-electron chi connectivity index (χ3n) is 2.18. The zero-order valence-electron chi connectivity index (χ0n) is 8.38. The fourth-order valence-corrected chi connectivity index (χ4v) is 4.05. The standard InChI is InChI=1S/C6H7N2.2C2H5.Ga/c7-8-6-4-2-1-3-5-6;2*1-2;/h1-5,7-8H;2*1H2,2H3;/q-1;;;+1. The van der Waals surface area contributed by atoms with Gasteiger partial charge in [0.15, 0.2) is 0 Å². The summed E-state index contributed by atoms with van der Waals surface area (Å²) in [7, 11) is 0. The maximum atomic E-state index is 3.47. The van der Waals surface area contributed by atoms with Gasteiger partial charge in [-0.05, 0) is 0 Å². The van der Waals surface area contributed by atoms with Crippen molar-refractivity contribution >= 4 is 22.1 Å². The van der Waals surface area contributed by atoms with Gasteiger partial charge in [0.2, 0.25) is 0 Å². The van der Waals surface area contributed by atoms with Gasteiger partial charge in [0.1, 0.15) is 0 Å². The average Bonchev–Trinajstić information content (AvgIpc) is 2.21. The van der Waals surface area contributed by atoms with Gasteiger partial charge in [-0.1, -0.05) is 0 Å². The molecular formula is C10H17GaN2. The minimum atomic E-state index is -1.17. The first-order chi connectivity index (χ1) is 6.36. The van der Waals surface area contributed by atoms with Gasteiger partial charge in [-0.2, -0.15) is 0 Å². The van der Waals surface area contributed by atoms with Crippen molar-refractivity contribution in [1.29, 1.82) is 0 Å². The van der Waals surface area contributed by atoms with Crippen LogP contribution in [0.15, 0.2) is 30.3 Å². The summed E-state index contributed by atoms with van der Waals surface area (Å²) >= 11 is -1.17. The van der Waals surface area contributed by atoms with Gasteiger partial charge in [0, 0.05) is 0 Å². The molecule has 1 rings (SSSR count). The SMILES string of the molecule is C[CH2][Ga]([CH2]C)[NH]Nc1ccccc1. The summed E-state index contributed by atoms with van der Waals surface area (Å²) in [6.07, 6.45) is 0. The molecule has 0 saturated carbocycles. The van der Waals surface area contributed by atoms with Crippen molar-refractivity contribution in [3.63, 3.8) is 0 Å². The van der Waals surface area contributed by atoms with E-state index < -0.39 is 16.5 Å². The number of hydrogen-bond donors (Lipinski definition) is 2. The van der Waals surface area contributed by atoms with E-state index in [1.165, 1.54) is 15.6 Å². The first-order valence-electron chi connectivity index (χ1n) is 4.93. The van der Waals surface area contributed by atoms with E-state index in [1.54, 1.807) is 0 Å². The molecule has 0 aromatic heterocycles. The van der Waals surface area contributed by atoms with Crippen LogP contribution in [0, 0.1) is 0 Å². The minimum absolute atomic E-state index is 1.17. The van der Waals surface area contributed by atoms with E-state index in [9.17, 15) is 0 Å². The van der Waals surface area contributed by atoms with Gasteiger partial charge < -0.3 is 0 Å². The predicted molar refractivity (Wildman–Crippen MR) is 59.9 cm³/mol. The number of rotatable bonds is 5. The Morgan fingerprint density at radius 2 is 1.69 bits per heavy atom. The molecule has 0 heterocycles. The zero-order valence-corrected chi connectivity index (χ0v) is 10.8. The molecule has 0 aliphatic rings. The monoisotopic (exact) mass is 234 g/mol. The third-order valence-corrected chi connectivity index (χ3v) is 7.48. The molecule has 3 heteroatoms. The summed E-state index contributed by atoms with van der Waals surface area (Å²) in [5.41, 5.74) is 4.45. The molecule has 0 radical (unpaired) electrons. The number of hydrogen-bond acceptors (Lipinski definition) is 2. The maximum absolute atomic E-state index is 3.47. The Hall–Kier alpha value is -0.384. The molecule has 0 fully saturated rings. The van der Waals surface area contributed by atoms with Crippen LogP contribution in [0.5, 0.6) is 0 Å². The Bertz CT molecular complexity index is 222. The summed E-state index contributed by atoms with van der Waals surface area (Å²) in [4.78, 5) is 2.67. The van der Waals surface area contributed by atoms with Crippen LogP contribution in [-0.4, -0.2) is 16.5 Å². The summed E-state index contributed by atoms with van der Waals surface area (Å²) < 4.78 is 3.47. The van der Waals surface area contributed by atoms with Gasteiger partial charge in [-0.3, -0.25) is 0 Å². The van der Waals surface area contributed by atoms with Crippen LogP contribution >= 0.6 is 0 Å². The van der Waals surface area contributed by atoms with Gasteiger partial charge in [0.05, 0.1) is 0 Å². The van der Waals surface area contributed by atoms with E-state index in [2.05, 4.69) is 35.5 Å². The molecule has 2 N–H and O–H groups in total. The normalized spacial score (nSPS) is 9.69. The van der Waals surface area contributed by atoms with Crippen molar-refractivity contribution in [2.75, 3.05) is 5.43 Å². The molecule has 0 bridgehead atoms. The Labute approximate surface area is 86.0 Å². The van der Waals surface area contributed by atoms with Crippen molar-refractivity contribution in [1.82, 2.24) is 4.13 Å². The Balaban J connectivity index is 2.34. The van der Waals surface area contributed by atoms with Crippen LogP contribution in [0.3, 0.4) is 0 Å². The van der Waals surface area contributed by atoms with E-state index >= 15 is 0 Å². The second-order valence-electron chi connectivity index (χ2n) is 3.15. The summed E-state index contributed by atoms with van der Waals surface area (Å²) in [6.45, 7) is 4.54. The van der Waals surface area contributed by atoms with Crippen LogP contribution in [0.2, 0.25) is 9.95 Å². The van der Waals surface area contributed by atoms with Gasteiger partial charge in [-0.25, -0.2) is 0 Å². The van der Waals surface area contributed by atoms with Crippen LogP contribution in [0.25, 0.3) is 0 Å². The Morgan fingerprint density at radius 1 is 1.08 bits per heavy atom. The number of para-hydroxylation sites is 1. The van der Waals surface area contributed by atoms with E-state index in [0.29, 0.717) is 0 Å². The zero-order chi connectivity index (χ0) is 9.52. The fourth-order valence-electron chi connectivity index (χ4n) is 1.20. The van der Waals surface area contributed by atoms with E-state index in [-0.39, 0.29) is 0 Å². The van der Waals surface area contributed by atoms with Crippen molar-refractivity contribution < 1.29 is 0 Å². The first-order valence-corrected chi connectivity index (χ1v) is 9.57. The number of nitrogens with one attached hydrogen (secondary N) is 2. The predicted octanol–water partition coefficient (Wildman–Crippen LogP) is 2.63. The molecule has 0 amide bonds. The molecule has 0 aliphatic heterocycles. The van der Waals surface area contributed by atoms with Crippen LogP contribution in [0.4, 0.5) is 5.69 Å². The molecule has 0 aliphatic carbocycles. The third kappa shape index (κ3) is 3.89. The molecule has 70 valence electrons. The molecule has 13 heavy (non-hydrogen) atoms. The van der Waals surface area contributed by atoms with Crippen molar-refractivity contribution in [3.05, 3.63) is 30.3 Å². The van der Waals surface area contributed by atoms with Crippen molar-refractivity contribution in [2.24, 2.45) is 0 Å². The van der Waals surface area contributed by atoms with Crippen LogP contribution in [-0.2, 0) is 0 Å². The topological polar surface area (TPSA) is 24.1 Å². The quantitative estimate of drug-likeness (QED) is 0.605.